The zero-order chi connectivity index (χ0) is 25.0. The molecule has 2 N–H and O–H groups in total. The van der Waals surface area contributed by atoms with E-state index in [1.807, 2.05) is 0 Å². The summed E-state index contributed by atoms with van der Waals surface area (Å²) in [6, 6.07) is 4.83. The van der Waals surface area contributed by atoms with Crippen molar-refractivity contribution in [1.82, 2.24) is 4.98 Å². The maximum Gasteiger partial charge on any atom is 0.417 e. The van der Waals surface area contributed by atoms with Gasteiger partial charge >= 0.3 is 6.18 Å². The van der Waals surface area contributed by atoms with Gasteiger partial charge in [-0.25, -0.2) is 13.8 Å². The van der Waals surface area contributed by atoms with E-state index >= 15 is 0 Å². The Balaban J connectivity index is 0.00000187. The summed E-state index contributed by atoms with van der Waals surface area (Å²) >= 11 is 7.19. The van der Waals surface area contributed by atoms with Crippen molar-refractivity contribution in [2.75, 3.05) is 36.7 Å². The molecule has 1 aliphatic rings. The minimum absolute atomic E-state index is 0.0873. The van der Waals surface area contributed by atoms with Crippen LogP contribution < -0.4 is 10.2 Å². The maximum atomic E-state index is 13.9. The molecule has 0 radical (unpaired) electrons. The number of piperidine rings is 1. The number of pyridine rings is 1. The molecule has 182 valence electrons. The topological polar surface area (TPSA) is 65.5 Å². The fraction of sp³-hybridized carbons (Fsp3) is 0.429. The van der Waals surface area contributed by atoms with Crippen molar-refractivity contribution in [3.8, 4) is 0 Å². The number of anilines is 2. The van der Waals surface area contributed by atoms with Crippen LogP contribution in [0.2, 0.25) is 5.02 Å². The molecule has 1 atom stereocenters. The monoisotopic (exact) mass is 511 g/mol. The molecular formula is C21H23ClF5N3O2S. The lowest BCUT2D eigenvalue weighted by molar-refractivity contribution is -0.137. The van der Waals surface area contributed by atoms with E-state index in [2.05, 4.69) is 10.3 Å². The van der Waals surface area contributed by atoms with E-state index < -0.39 is 40.9 Å². The van der Waals surface area contributed by atoms with Gasteiger partial charge in [-0.15, -0.1) is 11.8 Å². The molecule has 12 heteroatoms. The first-order valence-electron chi connectivity index (χ1n) is 9.72. The minimum atomic E-state index is -4.76. The average molecular weight is 512 g/mol. The summed E-state index contributed by atoms with van der Waals surface area (Å²) in [6.45, 7) is 0.938. The third kappa shape index (κ3) is 6.48. The molecule has 1 amide bonds. The Hall–Kier alpha value is -2.11. The van der Waals surface area contributed by atoms with Gasteiger partial charge < -0.3 is 15.3 Å². The van der Waals surface area contributed by atoms with Gasteiger partial charge in [0.2, 0.25) is 0 Å². The van der Waals surface area contributed by atoms with E-state index in [9.17, 15) is 26.7 Å². The molecular weight excluding hydrogens is 489 g/mol. The lowest BCUT2D eigenvalue weighted by Crippen LogP contribution is -2.46. The Kier molecular flexibility index (Phi) is 8.94. The first-order valence-corrected chi connectivity index (χ1v) is 11.3. The number of aliphatic hydroxyl groups excluding tert-OH is 1. The molecule has 1 unspecified atom stereocenters. The predicted octanol–water partition coefficient (Wildman–Crippen LogP) is 5.82. The summed E-state index contributed by atoms with van der Waals surface area (Å²) in [5.74, 6) is -4.72. The molecule has 1 aliphatic heterocycles. The van der Waals surface area contributed by atoms with Crippen molar-refractivity contribution < 1.29 is 31.9 Å². The lowest BCUT2D eigenvalue weighted by Gasteiger charge is -2.39. The summed E-state index contributed by atoms with van der Waals surface area (Å²) in [5.41, 5.74) is -0.946. The van der Waals surface area contributed by atoms with E-state index in [0.29, 0.717) is 10.7 Å². The first kappa shape index (κ1) is 27.1. The first-order chi connectivity index (χ1) is 15.4. The normalized spacial score (nSPS) is 17.8. The van der Waals surface area contributed by atoms with E-state index in [0.717, 1.165) is 19.2 Å². The Bertz CT molecular complexity index is 991. The van der Waals surface area contributed by atoms with Crippen LogP contribution in [0.3, 0.4) is 0 Å². The number of halogens is 6. The smallest absolute Gasteiger partial charge is 0.400 e. The zero-order valence-corrected chi connectivity index (χ0v) is 19.6. The largest absolute Gasteiger partial charge is 0.417 e. The highest BCUT2D eigenvalue weighted by Gasteiger charge is 2.42. The molecule has 0 saturated carbocycles. The second-order valence-electron chi connectivity index (χ2n) is 7.25. The molecule has 3 rings (SSSR count). The number of hydrogen-bond acceptors (Lipinski definition) is 5. The number of nitrogens with one attached hydrogen (secondary N) is 1. The van der Waals surface area contributed by atoms with Crippen LogP contribution in [-0.4, -0.2) is 48.4 Å². The second kappa shape index (κ2) is 10.9. The fourth-order valence-electron chi connectivity index (χ4n) is 3.32. The molecule has 2 aromatic rings. The van der Waals surface area contributed by atoms with Gasteiger partial charge in [-0.05, 0) is 30.5 Å². The standard InChI is InChI=1S/C20H19ClF5N3OS.CH4O/c1-11-10-29(6-4-19(11,22)23)16-9-14(20(24,25)26)15(21)8-13(16)18(30)28-12-3-5-27-17(7-12)31-2;1-2/h3,5,7-9,11H,4,6,10H2,1-2H3,(H,27,28,30);2H,1H3. The Morgan fingerprint density at radius 1 is 1.30 bits per heavy atom. The lowest BCUT2D eigenvalue weighted by atomic mass is 9.94. The highest BCUT2D eigenvalue weighted by atomic mass is 35.5. The SMILES string of the molecule is CO.CSc1cc(NC(=O)c2cc(Cl)c(C(F)(F)F)cc2N2CCC(F)(F)C(C)C2)ccn1. The molecule has 2 heterocycles. The van der Waals surface area contributed by atoms with Crippen LogP contribution in [0.1, 0.15) is 29.3 Å². The van der Waals surface area contributed by atoms with Crippen molar-refractivity contribution in [3.63, 3.8) is 0 Å². The molecule has 0 aliphatic carbocycles. The van der Waals surface area contributed by atoms with E-state index in [1.165, 1.54) is 35.8 Å². The maximum absolute atomic E-state index is 13.9. The summed E-state index contributed by atoms with van der Waals surface area (Å²) in [6.07, 6.45) is -2.00. The van der Waals surface area contributed by atoms with Crippen LogP contribution in [0.4, 0.5) is 33.3 Å². The Labute approximate surface area is 197 Å². The van der Waals surface area contributed by atoms with E-state index in [-0.39, 0.29) is 24.3 Å². The number of aliphatic hydroxyl groups is 1. The van der Waals surface area contributed by atoms with Crippen molar-refractivity contribution in [1.29, 1.82) is 0 Å². The number of rotatable bonds is 4. The fourth-order valence-corrected chi connectivity index (χ4v) is 4.01. The number of nitrogens with zero attached hydrogens (tertiary/aromatic N) is 2. The van der Waals surface area contributed by atoms with Crippen molar-refractivity contribution in [2.24, 2.45) is 5.92 Å². The third-order valence-electron chi connectivity index (χ3n) is 5.11. The van der Waals surface area contributed by atoms with Gasteiger partial charge in [0.1, 0.15) is 0 Å². The van der Waals surface area contributed by atoms with E-state index in [1.54, 1.807) is 12.3 Å². The summed E-state index contributed by atoms with van der Waals surface area (Å²) in [7, 11) is 1.00. The molecule has 33 heavy (non-hydrogen) atoms. The quantitative estimate of drug-likeness (QED) is 0.400. The summed E-state index contributed by atoms with van der Waals surface area (Å²) in [4.78, 5) is 18.4. The van der Waals surface area contributed by atoms with Gasteiger partial charge in [0.25, 0.3) is 11.8 Å². The molecule has 0 bridgehead atoms. The van der Waals surface area contributed by atoms with Crippen molar-refractivity contribution in [3.05, 3.63) is 46.6 Å². The van der Waals surface area contributed by atoms with Gasteiger partial charge in [-0.2, -0.15) is 13.2 Å². The molecule has 1 aromatic heterocycles. The van der Waals surface area contributed by atoms with Gasteiger partial charge in [0, 0.05) is 44.4 Å². The third-order valence-corrected chi connectivity index (χ3v) is 6.06. The minimum Gasteiger partial charge on any atom is -0.400 e. The summed E-state index contributed by atoms with van der Waals surface area (Å²) in [5, 5.41) is 9.61. The van der Waals surface area contributed by atoms with Crippen LogP contribution >= 0.6 is 23.4 Å². The number of carbonyl (C=O) groups excluding carboxylic acids is 1. The van der Waals surface area contributed by atoms with Crippen LogP contribution in [-0.2, 0) is 6.18 Å². The Morgan fingerprint density at radius 3 is 2.55 bits per heavy atom. The van der Waals surface area contributed by atoms with Gasteiger partial charge in [-0.3, -0.25) is 4.79 Å². The highest BCUT2D eigenvalue weighted by Crippen LogP contribution is 2.41. The second-order valence-corrected chi connectivity index (χ2v) is 8.48. The van der Waals surface area contributed by atoms with Crippen LogP contribution in [0.5, 0.6) is 0 Å². The number of hydrogen-bond donors (Lipinski definition) is 2. The highest BCUT2D eigenvalue weighted by molar-refractivity contribution is 7.98. The van der Waals surface area contributed by atoms with Crippen LogP contribution in [0, 0.1) is 5.92 Å². The van der Waals surface area contributed by atoms with Gasteiger partial charge in [0.15, 0.2) is 0 Å². The van der Waals surface area contributed by atoms with Crippen molar-refractivity contribution in [2.45, 2.75) is 30.5 Å². The predicted molar refractivity (Wildman–Crippen MR) is 120 cm³/mol. The number of benzene rings is 1. The molecule has 5 nitrogen and oxygen atoms in total. The van der Waals surface area contributed by atoms with Gasteiger partial charge in [-0.1, -0.05) is 18.5 Å². The zero-order valence-electron chi connectivity index (χ0n) is 18.0. The average Bonchev–Trinajstić information content (AvgIpc) is 2.76. The molecule has 1 fully saturated rings. The number of thioether (sulfide) groups is 1. The number of amides is 1. The van der Waals surface area contributed by atoms with Crippen molar-refractivity contribution >= 4 is 40.6 Å². The summed E-state index contributed by atoms with van der Waals surface area (Å²) < 4.78 is 68.1. The van der Waals surface area contributed by atoms with E-state index in [4.69, 9.17) is 16.7 Å². The van der Waals surface area contributed by atoms with Gasteiger partial charge in [0.05, 0.1) is 26.9 Å². The Morgan fingerprint density at radius 2 is 1.97 bits per heavy atom. The number of aromatic nitrogens is 1. The van der Waals surface area contributed by atoms with Crippen LogP contribution in [0.25, 0.3) is 0 Å². The molecule has 1 aromatic carbocycles. The molecule has 1 saturated heterocycles. The van der Waals surface area contributed by atoms with Crippen LogP contribution in [0.15, 0.2) is 35.5 Å². The number of carbonyl (C=O) groups is 1. The number of alkyl halides is 5. The molecule has 0 spiro atoms.